The molecule has 1 heterocycles. The third-order valence-corrected chi connectivity index (χ3v) is 4.17. The minimum Gasteiger partial charge on any atom is -0.376 e. The van der Waals surface area contributed by atoms with E-state index in [2.05, 4.69) is 49.1 Å². The molecule has 0 spiro atoms. The summed E-state index contributed by atoms with van der Waals surface area (Å²) in [4.78, 5) is 2.50. The molecule has 1 aromatic carbocycles. The topological polar surface area (TPSA) is 38.5 Å². The number of hydrogen-bond acceptors (Lipinski definition) is 3. The number of nitrogens with zero attached hydrogens (tertiary/aromatic N) is 1. The summed E-state index contributed by atoms with van der Waals surface area (Å²) in [5.41, 5.74) is 7.42. The van der Waals surface area contributed by atoms with Crippen molar-refractivity contribution in [3.8, 4) is 0 Å². The van der Waals surface area contributed by atoms with E-state index in [9.17, 15) is 0 Å². The molecule has 0 aliphatic carbocycles. The van der Waals surface area contributed by atoms with Crippen molar-refractivity contribution in [3.63, 3.8) is 0 Å². The van der Waals surface area contributed by atoms with Gasteiger partial charge >= 0.3 is 0 Å². The van der Waals surface area contributed by atoms with Crippen LogP contribution in [-0.2, 0) is 10.2 Å². The summed E-state index contributed by atoms with van der Waals surface area (Å²) >= 11 is 0. The van der Waals surface area contributed by atoms with Crippen LogP contribution in [0.3, 0.4) is 0 Å². The molecule has 2 atom stereocenters. The monoisotopic (exact) mass is 262 g/mol. The zero-order chi connectivity index (χ0) is 13.7. The lowest BCUT2D eigenvalue weighted by Gasteiger charge is -2.39. The lowest BCUT2D eigenvalue weighted by atomic mass is 9.82. The highest BCUT2D eigenvalue weighted by molar-refractivity contribution is 5.25. The highest BCUT2D eigenvalue weighted by atomic mass is 16.5. The second kappa shape index (κ2) is 6.51. The van der Waals surface area contributed by atoms with E-state index in [0.29, 0.717) is 12.6 Å². The van der Waals surface area contributed by atoms with Gasteiger partial charge in [0, 0.05) is 31.6 Å². The van der Waals surface area contributed by atoms with Crippen molar-refractivity contribution in [1.29, 1.82) is 0 Å². The van der Waals surface area contributed by atoms with Gasteiger partial charge < -0.3 is 10.5 Å². The van der Waals surface area contributed by atoms with Gasteiger partial charge in [-0.05, 0) is 12.0 Å². The quantitative estimate of drug-likeness (QED) is 0.882. The molecule has 0 aromatic heterocycles. The molecule has 0 saturated carbocycles. The summed E-state index contributed by atoms with van der Waals surface area (Å²) in [6, 6.07) is 10.6. The molecular formula is C16H26N2O. The van der Waals surface area contributed by atoms with Gasteiger partial charge in [0.15, 0.2) is 0 Å². The molecule has 3 nitrogen and oxygen atoms in total. The van der Waals surface area contributed by atoms with Crippen LogP contribution in [0.4, 0.5) is 0 Å². The number of hydrogen-bond donors (Lipinski definition) is 1. The van der Waals surface area contributed by atoms with Gasteiger partial charge in [0.05, 0.1) is 12.7 Å². The number of ether oxygens (including phenoxy) is 1. The lowest BCUT2D eigenvalue weighted by Crippen LogP contribution is -2.50. The van der Waals surface area contributed by atoms with E-state index < -0.39 is 0 Å². The lowest BCUT2D eigenvalue weighted by molar-refractivity contribution is -0.0351. The van der Waals surface area contributed by atoms with Crippen LogP contribution in [0.2, 0.25) is 0 Å². The molecule has 3 heteroatoms. The van der Waals surface area contributed by atoms with Crippen LogP contribution in [0.15, 0.2) is 30.3 Å². The predicted octanol–water partition coefficient (Wildman–Crippen LogP) is 2.01. The number of nitrogens with two attached hydrogens (primary N) is 1. The fraction of sp³-hybridized carbons (Fsp3) is 0.625. The molecule has 106 valence electrons. The van der Waals surface area contributed by atoms with Crippen LogP contribution in [-0.4, -0.2) is 43.8 Å². The van der Waals surface area contributed by atoms with Gasteiger partial charge in [0.2, 0.25) is 0 Å². The predicted molar refractivity (Wildman–Crippen MR) is 79.3 cm³/mol. The first-order valence-electron chi connectivity index (χ1n) is 7.27. The molecule has 0 amide bonds. The Morgan fingerprint density at radius 3 is 2.74 bits per heavy atom. The Morgan fingerprint density at radius 1 is 1.37 bits per heavy atom. The van der Waals surface area contributed by atoms with Crippen molar-refractivity contribution in [2.45, 2.75) is 31.8 Å². The van der Waals surface area contributed by atoms with E-state index in [1.54, 1.807) is 0 Å². The zero-order valence-electron chi connectivity index (χ0n) is 12.1. The highest BCUT2D eigenvalue weighted by Gasteiger charge is 2.30. The van der Waals surface area contributed by atoms with Gasteiger partial charge in [-0.3, -0.25) is 4.90 Å². The van der Waals surface area contributed by atoms with Crippen molar-refractivity contribution < 1.29 is 4.74 Å². The summed E-state index contributed by atoms with van der Waals surface area (Å²) in [5, 5.41) is 0. The maximum atomic E-state index is 6.07. The van der Waals surface area contributed by atoms with E-state index in [1.807, 2.05) is 0 Å². The Morgan fingerprint density at radius 2 is 2.11 bits per heavy atom. The molecule has 1 aliphatic rings. The van der Waals surface area contributed by atoms with Crippen LogP contribution in [0.1, 0.15) is 25.8 Å². The molecule has 2 N–H and O–H groups in total. The molecule has 1 aromatic rings. The van der Waals surface area contributed by atoms with Gasteiger partial charge in [-0.1, -0.05) is 44.2 Å². The molecule has 19 heavy (non-hydrogen) atoms. The summed E-state index contributed by atoms with van der Waals surface area (Å²) in [6.45, 7) is 9.01. The van der Waals surface area contributed by atoms with Gasteiger partial charge in [-0.15, -0.1) is 0 Å². The van der Waals surface area contributed by atoms with E-state index >= 15 is 0 Å². The van der Waals surface area contributed by atoms with Crippen molar-refractivity contribution in [3.05, 3.63) is 35.9 Å². The first-order valence-corrected chi connectivity index (χ1v) is 7.27. The maximum Gasteiger partial charge on any atom is 0.0700 e. The van der Waals surface area contributed by atoms with Gasteiger partial charge in [-0.25, -0.2) is 0 Å². The highest BCUT2D eigenvalue weighted by Crippen LogP contribution is 2.25. The fourth-order valence-electron chi connectivity index (χ4n) is 2.78. The average Bonchev–Trinajstić information content (AvgIpc) is 2.48. The molecule has 0 radical (unpaired) electrons. The van der Waals surface area contributed by atoms with Crippen LogP contribution in [0.25, 0.3) is 0 Å². The van der Waals surface area contributed by atoms with Crippen LogP contribution in [0, 0.1) is 0 Å². The van der Waals surface area contributed by atoms with Crippen molar-refractivity contribution in [2.75, 3.05) is 32.8 Å². The van der Waals surface area contributed by atoms with E-state index in [4.69, 9.17) is 10.5 Å². The Balaban J connectivity index is 2.06. The van der Waals surface area contributed by atoms with Crippen molar-refractivity contribution >= 4 is 0 Å². The molecule has 1 aliphatic heterocycles. The van der Waals surface area contributed by atoms with Crippen LogP contribution in [0.5, 0.6) is 0 Å². The van der Waals surface area contributed by atoms with Crippen LogP contribution >= 0.6 is 0 Å². The molecule has 1 saturated heterocycles. The number of benzene rings is 1. The molecule has 2 rings (SSSR count). The average molecular weight is 262 g/mol. The van der Waals surface area contributed by atoms with E-state index in [1.165, 1.54) is 5.56 Å². The van der Waals surface area contributed by atoms with Crippen molar-refractivity contribution in [2.24, 2.45) is 5.73 Å². The largest absolute Gasteiger partial charge is 0.376 e. The maximum absolute atomic E-state index is 6.07. The van der Waals surface area contributed by atoms with Crippen LogP contribution < -0.4 is 5.73 Å². The number of morpholine rings is 1. The molecule has 0 bridgehead atoms. The first kappa shape index (κ1) is 14.5. The number of rotatable bonds is 5. The minimum absolute atomic E-state index is 0.0247. The second-order valence-electron chi connectivity index (χ2n) is 5.77. The zero-order valence-corrected chi connectivity index (χ0v) is 12.1. The van der Waals surface area contributed by atoms with Gasteiger partial charge in [-0.2, -0.15) is 0 Å². The third kappa shape index (κ3) is 3.56. The molecule has 1 fully saturated rings. The Kier molecular flexibility index (Phi) is 4.97. The summed E-state index contributed by atoms with van der Waals surface area (Å²) < 4.78 is 5.74. The Labute approximate surface area is 116 Å². The Bertz CT molecular complexity index is 382. The third-order valence-electron chi connectivity index (χ3n) is 4.17. The fourth-order valence-corrected chi connectivity index (χ4v) is 2.78. The normalized spacial score (nSPS) is 24.1. The summed E-state index contributed by atoms with van der Waals surface area (Å²) in [7, 11) is 0. The van der Waals surface area contributed by atoms with E-state index in [-0.39, 0.29) is 5.41 Å². The van der Waals surface area contributed by atoms with Gasteiger partial charge in [0.25, 0.3) is 0 Å². The molecule has 2 unspecified atom stereocenters. The van der Waals surface area contributed by atoms with Crippen molar-refractivity contribution in [1.82, 2.24) is 4.90 Å². The first-order chi connectivity index (χ1) is 9.18. The SMILES string of the molecule is CCC1CN(CC(C)(CN)c2ccccc2)CCO1. The smallest absolute Gasteiger partial charge is 0.0700 e. The van der Waals surface area contributed by atoms with E-state index in [0.717, 1.165) is 32.7 Å². The standard InChI is InChI=1S/C16H26N2O/c1-3-15-11-18(9-10-19-15)13-16(2,12-17)14-7-5-4-6-8-14/h4-8,15H,3,9-13,17H2,1-2H3. The second-order valence-corrected chi connectivity index (χ2v) is 5.77. The summed E-state index contributed by atoms with van der Waals surface area (Å²) in [5.74, 6) is 0. The van der Waals surface area contributed by atoms with Gasteiger partial charge in [0.1, 0.15) is 0 Å². The molecular weight excluding hydrogens is 236 g/mol. The summed E-state index contributed by atoms with van der Waals surface area (Å²) in [6.07, 6.45) is 1.47. The Hall–Kier alpha value is -0.900. The minimum atomic E-state index is 0.0247.